The van der Waals surface area contributed by atoms with E-state index in [2.05, 4.69) is 9.71 Å². The summed E-state index contributed by atoms with van der Waals surface area (Å²) in [5.41, 5.74) is 1.67. The number of nitrogens with zero attached hydrogens (tertiary/aromatic N) is 2. The second kappa shape index (κ2) is 8.14. The maximum Gasteiger partial charge on any atom is 0.324 e. The second-order valence-electron chi connectivity index (χ2n) is 6.60. The van der Waals surface area contributed by atoms with Crippen LogP contribution in [-0.4, -0.2) is 37.1 Å². The van der Waals surface area contributed by atoms with Crippen molar-refractivity contribution in [2.75, 3.05) is 7.11 Å². The van der Waals surface area contributed by atoms with Crippen LogP contribution in [0, 0.1) is 6.92 Å². The van der Waals surface area contributed by atoms with Gasteiger partial charge in [-0.2, -0.15) is 4.72 Å². The van der Waals surface area contributed by atoms with E-state index >= 15 is 0 Å². The Morgan fingerprint density at radius 3 is 2.55 bits per heavy atom. The first kappa shape index (κ1) is 20.7. The van der Waals surface area contributed by atoms with Crippen LogP contribution in [0.15, 0.2) is 58.2 Å². The van der Waals surface area contributed by atoms with Gasteiger partial charge in [-0.1, -0.05) is 30.3 Å². The first-order valence-corrected chi connectivity index (χ1v) is 10.3. The summed E-state index contributed by atoms with van der Waals surface area (Å²) in [6.07, 6.45) is 0.145. The maximum atomic E-state index is 12.9. The number of esters is 1. The first-order valence-electron chi connectivity index (χ1n) is 8.84. The van der Waals surface area contributed by atoms with Crippen molar-refractivity contribution in [3.05, 3.63) is 70.1 Å². The Balaban J connectivity index is 1.97. The molecule has 9 heteroatoms. The SMILES string of the molecule is COC(=O)[C@@H](Cc1ccccc1)NS(=O)(=O)c1ccc2c(c1)nc(C)c(=O)n2C. The van der Waals surface area contributed by atoms with Gasteiger partial charge in [0.2, 0.25) is 10.0 Å². The molecule has 0 amide bonds. The van der Waals surface area contributed by atoms with Gasteiger partial charge in [-0.3, -0.25) is 9.59 Å². The van der Waals surface area contributed by atoms with E-state index in [0.29, 0.717) is 11.0 Å². The molecular weight excluding hydrogens is 394 g/mol. The van der Waals surface area contributed by atoms with E-state index in [4.69, 9.17) is 4.74 Å². The van der Waals surface area contributed by atoms with E-state index in [1.165, 1.54) is 29.9 Å². The smallest absolute Gasteiger partial charge is 0.324 e. The molecule has 1 N–H and O–H groups in total. The van der Waals surface area contributed by atoms with E-state index in [-0.39, 0.29) is 22.6 Å². The van der Waals surface area contributed by atoms with Crippen LogP contribution in [0.1, 0.15) is 11.3 Å². The third-order valence-corrected chi connectivity index (χ3v) is 6.06. The van der Waals surface area contributed by atoms with Crippen LogP contribution in [0.5, 0.6) is 0 Å². The van der Waals surface area contributed by atoms with Gasteiger partial charge in [0.05, 0.1) is 23.0 Å². The fourth-order valence-electron chi connectivity index (χ4n) is 3.04. The summed E-state index contributed by atoms with van der Waals surface area (Å²) in [5.74, 6) is -0.686. The van der Waals surface area contributed by atoms with Gasteiger partial charge in [0.1, 0.15) is 11.7 Å². The number of aromatic nitrogens is 2. The molecule has 0 fully saturated rings. The lowest BCUT2D eigenvalue weighted by Crippen LogP contribution is -2.43. The zero-order valence-corrected chi connectivity index (χ0v) is 17.1. The molecule has 0 bridgehead atoms. The van der Waals surface area contributed by atoms with Crippen LogP contribution in [0.2, 0.25) is 0 Å². The summed E-state index contributed by atoms with van der Waals surface area (Å²) in [7, 11) is -1.24. The van der Waals surface area contributed by atoms with E-state index in [9.17, 15) is 18.0 Å². The highest BCUT2D eigenvalue weighted by atomic mass is 32.2. The Morgan fingerprint density at radius 2 is 1.90 bits per heavy atom. The Bertz CT molecular complexity index is 1220. The van der Waals surface area contributed by atoms with E-state index in [1.54, 1.807) is 38.2 Å². The van der Waals surface area contributed by atoms with Crippen LogP contribution in [-0.2, 0) is 33.0 Å². The van der Waals surface area contributed by atoms with Gasteiger partial charge in [0, 0.05) is 7.05 Å². The molecule has 152 valence electrons. The molecule has 0 saturated heterocycles. The minimum Gasteiger partial charge on any atom is -0.468 e. The Labute approximate surface area is 168 Å². The number of ether oxygens (including phenoxy) is 1. The van der Waals surface area contributed by atoms with Crippen LogP contribution in [0.4, 0.5) is 0 Å². The number of hydrogen-bond donors (Lipinski definition) is 1. The van der Waals surface area contributed by atoms with Crippen molar-refractivity contribution in [3.8, 4) is 0 Å². The molecule has 0 aliphatic carbocycles. The normalized spacial score (nSPS) is 12.7. The molecule has 0 radical (unpaired) electrons. The molecule has 0 aliphatic heterocycles. The molecule has 2 aromatic carbocycles. The molecule has 3 rings (SSSR count). The molecule has 1 heterocycles. The molecule has 1 aromatic heterocycles. The fourth-order valence-corrected chi connectivity index (χ4v) is 4.25. The zero-order chi connectivity index (χ0) is 21.2. The second-order valence-corrected chi connectivity index (χ2v) is 8.31. The topological polar surface area (TPSA) is 107 Å². The Morgan fingerprint density at radius 1 is 1.21 bits per heavy atom. The summed E-state index contributed by atoms with van der Waals surface area (Å²) in [5, 5.41) is 0. The average molecular weight is 415 g/mol. The quantitative estimate of drug-likeness (QED) is 0.608. The van der Waals surface area contributed by atoms with Crippen LogP contribution >= 0.6 is 0 Å². The minimum atomic E-state index is -4.04. The van der Waals surface area contributed by atoms with Crippen molar-refractivity contribution < 1.29 is 17.9 Å². The van der Waals surface area contributed by atoms with Crippen molar-refractivity contribution in [1.29, 1.82) is 0 Å². The number of carbonyl (C=O) groups excluding carboxylic acids is 1. The molecule has 0 saturated carbocycles. The van der Waals surface area contributed by atoms with Gasteiger partial charge in [0.25, 0.3) is 5.56 Å². The molecule has 0 spiro atoms. The number of hydrogen-bond acceptors (Lipinski definition) is 6. The van der Waals surface area contributed by atoms with E-state index in [0.717, 1.165) is 5.56 Å². The summed E-state index contributed by atoms with van der Waals surface area (Å²) < 4.78 is 34.4. The van der Waals surface area contributed by atoms with Gasteiger partial charge in [-0.15, -0.1) is 0 Å². The van der Waals surface area contributed by atoms with Gasteiger partial charge >= 0.3 is 5.97 Å². The first-order chi connectivity index (χ1) is 13.7. The van der Waals surface area contributed by atoms with Crippen LogP contribution in [0.25, 0.3) is 11.0 Å². The highest BCUT2D eigenvalue weighted by Gasteiger charge is 2.27. The number of sulfonamides is 1. The summed E-state index contributed by atoms with van der Waals surface area (Å²) >= 11 is 0. The maximum absolute atomic E-state index is 12.9. The number of fused-ring (bicyclic) bond motifs is 1. The molecule has 0 unspecified atom stereocenters. The van der Waals surface area contributed by atoms with Crippen molar-refractivity contribution in [1.82, 2.24) is 14.3 Å². The van der Waals surface area contributed by atoms with E-state index in [1.807, 2.05) is 6.07 Å². The summed E-state index contributed by atoms with van der Waals surface area (Å²) in [6.45, 7) is 1.56. The minimum absolute atomic E-state index is 0.0579. The Kier molecular flexibility index (Phi) is 5.81. The predicted molar refractivity (Wildman–Crippen MR) is 108 cm³/mol. The monoisotopic (exact) mass is 415 g/mol. The number of methoxy groups -OCH3 is 1. The third-order valence-electron chi connectivity index (χ3n) is 4.59. The van der Waals surface area contributed by atoms with Crippen molar-refractivity contribution in [2.24, 2.45) is 7.05 Å². The average Bonchev–Trinajstić information content (AvgIpc) is 2.71. The van der Waals surface area contributed by atoms with Gasteiger partial charge in [0.15, 0.2) is 0 Å². The van der Waals surface area contributed by atoms with Crippen LogP contribution < -0.4 is 10.3 Å². The van der Waals surface area contributed by atoms with Crippen molar-refractivity contribution >= 4 is 27.0 Å². The van der Waals surface area contributed by atoms with Gasteiger partial charge in [-0.25, -0.2) is 13.4 Å². The Hall–Kier alpha value is -3.04. The van der Waals surface area contributed by atoms with Gasteiger partial charge in [-0.05, 0) is 37.1 Å². The molecule has 3 aromatic rings. The molecular formula is C20H21N3O5S. The van der Waals surface area contributed by atoms with Crippen molar-refractivity contribution in [2.45, 2.75) is 24.3 Å². The fraction of sp³-hybridized carbons (Fsp3) is 0.250. The number of carbonyl (C=O) groups is 1. The van der Waals surface area contributed by atoms with Crippen molar-refractivity contribution in [3.63, 3.8) is 0 Å². The summed E-state index contributed by atoms with van der Waals surface area (Å²) in [6, 6.07) is 12.2. The highest BCUT2D eigenvalue weighted by Crippen LogP contribution is 2.18. The largest absolute Gasteiger partial charge is 0.468 e. The molecule has 29 heavy (non-hydrogen) atoms. The summed E-state index contributed by atoms with van der Waals surface area (Å²) in [4.78, 5) is 28.3. The zero-order valence-electron chi connectivity index (χ0n) is 16.2. The van der Waals surface area contributed by atoms with Gasteiger partial charge < -0.3 is 9.30 Å². The lowest BCUT2D eigenvalue weighted by atomic mass is 10.1. The lowest BCUT2D eigenvalue weighted by molar-refractivity contribution is -0.142. The molecule has 0 aliphatic rings. The molecule has 8 nitrogen and oxygen atoms in total. The number of benzene rings is 2. The predicted octanol–water partition coefficient (Wildman–Crippen LogP) is 1.30. The van der Waals surface area contributed by atoms with Crippen LogP contribution in [0.3, 0.4) is 0 Å². The third kappa shape index (κ3) is 4.36. The number of aryl methyl sites for hydroxylation is 2. The molecule has 1 atom stereocenters. The number of nitrogens with one attached hydrogen (secondary N) is 1. The standard InChI is InChI=1S/C20H21N3O5S/c1-13-19(24)23(2)18-10-9-15(12-16(18)21-13)29(26,27)22-17(20(25)28-3)11-14-7-5-4-6-8-14/h4-10,12,17,22H,11H2,1-3H3/t17-/m1/s1. The lowest BCUT2D eigenvalue weighted by Gasteiger charge is -2.17. The number of rotatable bonds is 6. The highest BCUT2D eigenvalue weighted by molar-refractivity contribution is 7.89. The van der Waals surface area contributed by atoms with E-state index < -0.39 is 22.0 Å².